The van der Waals surface area contributed by atoms with Crippen LogP contribution in [0, 0.1) is 5.92 Å². The first-order valence-electron chi connectivity index (χ1n) is 26.6. The Morgan fingerprint density at radius 2 is 0.622 bits per heavy atom. The molecule has 1 aliphatic rings. The molecule has 0 unspecified atom stereocenters. The summed E-state index contributed by atoms with van der Waals surface area (Å²) in [5.41, 5.74) is 0. The van der Waals surface area contributed by atoms with Gasteiger partial charge in [0.15, 0.2) is 0 Å². The van der Waals surface area contributed by atoms with Gasteiger partial charge < -0.3 is 29.1 Å². The van der Waals surface area contributed by atoms with Gasteiger partial charge in [0.2, 0.25) is 11.8 Å². The third-order valence-corrected chi connectivity index (χ3v) is 6.36. The Morgan fingerprint density at radius 1 is 0.473 bits per heavy atom. The number of carbonyl (C=O) groups excluding carboxylic acids is 3. The topological polar surface area (TPSA) is 82.6 Å². The minimum Gasteiger partial charge on any atom is -0.502 e. The minimum absolute atomic E-state index is 0. The van der Waals surface area contributed by atoms with Gasteiger partial charge >= 0.3 is 6.09 Å². The highest BCUT2D eigenvalue weighted by Crippen LogP contribution is 2.08. The zero-order valence-electron chi connectivity index (χ0n) is 51.7. The van der Waals surface area contributed by atoms with E-state index in [-0.39, 0.29) is 25.3 Å². The molecule has 4 aromatic rings. The number of amides is 3. The van der Waals surface area contributed by atoms with E-state index in [1.54, 1.807) is 47.1 Å². The van der Waals surface area contributed by atoms with Crippen LogP contribution in [0.5, 0.6) is 0 Å². The summed E-state index contributed by atoms with van der Waals surface area (Å²) in [6.07, 6.45) is 9.18. The molecule has 4 aromatic carbocycles. The third-order valence-electron chi connectivity index (χ3n) is 6.36. The quantitative estimate of drug-likeness (QED) is 0.150. The number of carbonyl (C=O) groups is 3. The molecule has 0 bridgehead atoms. The Labute approximate surface area is 462 Å². The molecule has 0 radical (unpaired) electrons. The van der Waals surface area contributed by atoms with Crippen LogP contribution in [0.3, 0.4) is 0 Å². The Kier molecular flexibility index (Phi) is 108. The van der Waals surface area contributed by atoms with Crippen molar-refractivity contribution in [2.45, 2.75) is 163 Å². The third kappa shape index (κ3) is 144. The van der Waals surface area contributed by atoms with Crippen LogP contribution in [0.4, 0.5) is 4.79 Å². The number of rotatable bonds is 4. The highest BCUT2D eigenvalue weighted by Gasteiger charge is 2.18. The van der Waals surface area contributed by atoms with Crippen molar-refractivity contribution >= 4 is 17.9 Å². The summed E-state index contributed by atoms with van der Waals surface area (Å²) in [6.45, 7) is 36.2. The predicted molar refractivity (Wildman–Crippen MR) is 334 cm³/mol. The van der Waals surface area contributed by atoms with Crippen molar-refractivity contribution in [3.8, 4) is 0 Å². The normalized spacial score (nSPS) is 8.96. The van der Waals surface area contributed by atoms with Crippen LogP contribution in [0.2, 0.25) is 0 Å². The van der Waals surface area contributed by atoms with Crippen molar-refractivity contribution in [1.82, 2.24) is 19.6 Å². The SMILES string of the molecule is C.C=C(C)OC.CC(=O)N(C)C.CC(=O)N(C)C.CC(C)C.CCC.CCC.CCC.CCC.CCCCOC(=O)N1CCCC1.CN(C)C.c1ccccc1.c1ccccc1.c1ccccc1.c1ccccc1. The van der Waals surface area contributed by atoms with Crippen LogP contribution in [0.1, 0.15) is 163 Å². The standard InChI is InChI=1S/C9H17NO2.4C6H6.2C4H9NO.C4H8O.C4H10.C3H9N.4C3H8.CH4/c1-2-3-8-12-9(11)10-6-4-5-7-10;4*1-2-4-6-5-3-1;2*1-4(6)5(2)3;1-4(2)5-3;2*1-4(2)3;4*1-3-2;/h2-8H2,1H3;4*1-6H;2*1-3H3;1H2,2-3H3;4H,1-3H3;1-3H3;4*3H2,1-2H3;1H4. The zero-order valence-corrected chi connectivity index (χ0v) is 51.7. The number of unbranched alkanes of at least 4 members (excludes halogenated alkanes) is 1. The van der Waals surface area contributed by atoms with Gasteiger partial charge in [0, 0.05) is 55.1 Å². The van der Waals surface area contributed by atoms with Crippen LogP contribution in [-0.2, 0) is 19.1 Å². The van der Waals surface area contributed by atoms with Crippen LogP contribution in [-0.4, -0.2) is 114 Å². The summed E-state index contributed by atoms with van der Waals surface area (Å²) in [5, 5.41) is 0. The lowest BCUT2D eigenvalue weighted by atomic mass is 10.3. The molecule has 0 aromatic heterocycles. The van der Waals surface area contributed by atoms with Gasteiger partial charge in [0.05, 0.1) is 19.5 Å². The fraction of sp³-hybridized carbons (Fsp3) is 0.554. The van der Waals surface area contributed by atoms with Gasteiger partial charge in [-0.3, -0.25) is 9.59 Å². The van der Waals surface area contributed by atoms with Gasteiger partial charge in [-0.25, -0.2) is 4.79 Å². The van der Waals surface area contributed by atoms with Crippen LogP contribution < -0.4 is 0 Å². The maximum atomic E-state index is 11.2. The number of likely N-dealkylation sites (tertiary alicyclic amines) is 1. The number of ether oxygens (including phenoxy) is 2. The monoisotopic (exact) mass is 1040 g/mol. The Bertz CT molecular complexity index is 1220. The van der Waals surface area contributed by atoms with Gasteiger partial charge in [-0.1, -0.05) is 275 Å². The van der Waals surface area contributed by atoms with Gasteiger partial charge in [0.25, 0.3) is 0 Å². The summed E-state index contributed by atoms with van der Waals surface area (Å²) in [5.74, 6) is 1.77. The van der Waals surface area contributed by atoms with E-state index in [4.69, 9.17) is 4.74 Å². The van der Waals surface area contributed by atoms with Crippen molar-refractivity contribution in [3.05, 3.63) is 158 Å². The van der Waals surface area contributed by atoms with E-state index in [1.807, 2.05) is 172 Å². The van der Waals surface area contributed by atoms with Crippen LogP contribution >= 0.6 is 0 Å². The molecule has 1 aliphatic heterocycles. The lowest BCUT2D eigenvalue weighted by molar-refractivity contribution is -0.127. The molecule has 1 heterocycles. The van der Waals surface area contributed by atoms with E-state index >= 15 is 0 Å². The van der Waals surface area contributed by atoms with E-state index in [9.17, 15) is 14.4 Å². The molecule has 0 atom stereocenters. The fourth-order valence-corrected chi connectivity index (χ4v) is 2.83. The zero-order chi connectivity index (χ0) is 58.4. The summed E-state index contributed by atoms with van der Waals surface area (Å²) >= 11 is 0. The maximum absolute atomic E-state index is 11.2. The largest absolute Gasteiger partial charge is 0.502 e. The Balaban J connectivity index is -0.0000000760. The second kappa shape index (κ2) is 87.3. The molecule has 9 heteroatoms. The number of nitrogens with zero attached hydrogens (tertiary/aromatic N) is 4. The van der Waals surface area contributed by atoms with Crippen molar-refractivity contribution in [3.63, 3.8) is 0 Å². The fourth-order valence-electron chi connectivity index (χ4n) is 2.83. The number of hydrogen-bond donors (Lipinski definition) is 0. The molecule has 1 fully saturated rings. The number of benzene rings is 4. The maximum Gasteiger partial charge on any atom is 0.409 e. The molecular formula is C65H122N4O5. The van der Waals surface area contributed by atoms with E-state index in [2.05, 4.69) is 94.4 Å². The number of hydrogen-bond acceptors (Lipinski definition) is 6. The van der Waals surface area contributed by atoms with Gasteiger partial charge in [-0.2, -0.15) is 0 Å². The molecule has 9 nitrogen and oxygen atoms in total. The lowest BCUT2D eigenvalue weighted by Gasteiger charge is -2.14. The summed E-state index contributed by atoms with van der Waals surface area (Å²) in [7, 11) is 14.5. The first-order valence-corrected chi connectivity index (χ1v) is 26.6. The van der Waals surface area contributed by atoms with Gasteiger partial charge in [0.1, 0.15) is 0 Å². The molecule has 0 N–H and O–H groups in total. The summed E-state index contributed by atoms with van der Waals surface area (Å²) in [6, 6.07) is 48.0. The molecule has 0 spiro atoms. The molecule has 1 saturated heterocycles. The molecule has 0 saturated carbocycles. The second-order valence-electron chi connectivity index (χ2n) is 17.4. The first-order chi connectivity index (χ1) is 34.5. The highest BCUT2D eigenvalue weighted by atomic mass is 16.6. The van der Waals surface area contributed by atoms with Crippen LogP contribution in [0.25, 0.3) is 0 Å². The smallest absolute Gasteiger partial charge is 0.409 e. The minimum atomic E-state index is -0.124. The van der Waals surface area contributed by atoms with E-state index in [0.717, 1.165) is 50.4 Å². The van der Waals surface area contributed by atoms with E-state index in [1.165, 1.54) is 49.3 Å². The van der Waals surface area contributed by atoms with Crippen molar-refractivity contribution in [2.75, 3.05) is 76.1 Å². The summed E-state index contributed by atoms with van der Waals surface area (Å²) in [4.78, 5) is 38.2. The van der Waals surface area contributed by atoms with E-state index < -0.39 is 0 Å². The average molecular weight is 1040 g/mol. The second-order valence-corrected chi connectivity index (χ2v) is 17.4. The summed E-state index contributed by atoms with van der Waals surface area (Å²) < 4.78 is 9.61. The lowest BCUT2D eigenvalue weighted by Crippen LogP contribution is -2.28. The van der Waals surface area contributed by atoms with Crippen molar-refractivity contribution in [1.29, 1.82) is 0 Å². The average Bonchev–Trinajstić information content (AvgIpc) is 3.92. The van der Waals surface area contributed by atoms with Crippen molar-refractivity contribution < 1.29 is 23.9 Å². The Hall–Kier alpha value is -5.41. The number of methoxy groups -OCH3 is 1. The first kappa shape index (κ1) is 91.3. The highest BCUT2D eigenvalue weighted by molar-refractivity contribution is 5.72. The Morgan fingerprint density at radius 3 is 0.730 bits per heavy atom. The molecule has 3 amide bonds. The number of allylic oxidation sites excluding steroid dienone is 1. The molecule has 5 rings (SSSR count). The predicted octanol–water partition coefficient (Wildman–Crippen LogP) is 18.3. The molecular weight excluding hydrogens is 917 g/mol. The van der Waals surface area contributed by atoms with Crippen molar-refractivity contribution in [2.24, 2.45) is 5.92 Å². The molecule has 74 heavy (non-hydrogen) atoms. The van der Waals surface area contributed by atoms with E-state index in [0.29, 0.717) is 6.61 Å². The molecule has 432 valence electrons. The van der Waals surface area contributed by atoms with Gasteiger partial charge in [-0.05, 0) is 53.2 Å². The van der Waals surface area contributed by atoms with Gasteiger partial charge in [-0.15, -0.1) is 0 Å². The van der Waals surface area contributed by atoms with Crippen LogP contribution in [0.15, 0.2) is 158 Å². The molecule has 0 aliphatic carbocycles.